The summed E-state index contributed by atoms with van der Waals surface area (Å²) >= 11 is 0. The van der Waals surface area contributed by atoms with Gasteiger partial charge in [-0.05, 0) is 12.1 Å². The molecule has 4 aromatic rings. The summed E-state index contributed by atoms with van der Waals surface area (Å²) in [5, 5.41) is 8.82. The normalized spacial score (nSPS) is 10.9. The fourth-order valence-corrected chi connectivity index (χ4v) is 2.69. The van der Waals surface area contributed by atoms with E-state index in [1.54, 1.807) is 35.2 Å². The van der Waals surface area contributed by atoms with Crippen molar-refractivity contribution in [2.24, 2.45) is 14.1 Å². The highest BCUT2D eigenvalue weighted by atomic mass is 16.5. The summed E-state index contributed by atoms with van der Waals surface area (Å²) in [6, 6.07) is 7.42. The molecule has 0 radical (unpaired) electrons. The minimum atomic E-state index is 0.227. The first-order chi connectivity index (χ1) is 13.1. The predicted molar refractivity (Wildman–Crippen MR) is 97.7 cm³/mol. The van der Waals surface area contributed by atoms with E-state index in [4.69, 9.17) is 9.47 Å². The van der Waals surface area contributed by atoms with Crippen LogP contribution in [0.25, 0.3) is 17.2 Å². The topological polar surface area (TPSA) is 84.8 Å². The van der Waals surface area contributed by atoms with Gasteiger partial charge in [-0.25, -0.2) is 14.6 Å². The minimum Gasteiger partial charge on any atom is -0.497 e. The van der Waals surface area contributed by atoms with E-state index in [2.05, 4.69) is 20.2 Å². The quantitative estimate of drug-likeness (QED) is 0.519. The Bertz CT molecular complexity index is 1060. The van der Waals surface area contributed by atoms with E-state index in [1.165, 1.54) is 0 Å². The third-order valence-corrected chi connectivity index (χ3v) is 4.04. The Morgan fingerprint density at radius 1 is 1.11 bits per heavy atom. The van der Waals surface area contributed by atoms with Gasteiger partial charge in [-0.1, -0.05) is 6.07 Å². The number of aryl methyl sites for hydroxylation is 2. The highest BCUT2D eigenvalue weighted by Gasteiger charge is 2.17. The van der Waals surface area contributed by atoms with Crippen LogP contribution in [-0.4, -0.2) is 41.2 Å². The summed E-state index contributed by atoms with van der Waals surface area (Å²) < 4.78 is 16.4. The molecule has 0 spiro atoms. The van der Waals surface area contributed by atoms with E-state index < -0.39 is 0 Å². The molecular formula is C18H19N7O2. The highest BCUT2D eigenvalue weighted by Crippen LogP contribution is 2.22. The van der Waals surface area contributed by atoms with Gasteiger partial charge in [0.15, 0.2) is 11.6 Å². The maximum atomic E-state index is 5.83. The van der Waals surface area contributed by atoms with Gasteiger partial charge in [0.05, 0.1) is 32.0 Å². The van der Waals surface area contributed by atoms with Crippen LogP contribution >= 0.6 is 0 Å². The highest BCUT2D eigenvalue weighted by molar-refractivity contribution is 5.52. The molecule has 0 bridgehead atoms. The summed E-state index contributed by atoms with van der Waals surface area (Å²) in [5.41, 5.74) is 1.66. The largest absolute Gasteiger partial charge is 0.497 e. The van der Waals surface area contributed by atoms with Crippen LogP contribution in [0.2, 0.25) is 0 Å². The lowest BCUT2D eigenvalue weighted by Crippen LogP contribution is -2.02. The number of nitrogens with zero attached hydrogens (tertiary/aromatic N) is 7. The number of hydrogen-bond donors (Lipinski definition) is 0. The Morgan fingerprint density at radius 3 is 2.67 bits per heavy atom. The molecule has 3 heterocycles. The van der Waals surface area contributed by atoms with Gasteiger partial charge in [-0.2, -0.15) is 5.10 Å². The molecule has 1 aromatic carbocycles. The number of aromatic nitrogens is 7. The Kier molecular flexibility index (Phi) is 4.33. The molecule has 0 amide bonds. The molecule has 0 aliphatic heterocycles. The van der Waals surface area contributed by atoms with Crippen LogP contribution in [0, 0.1) is 0 Å². The monoisotopic (exact) mass is 365 g/mol. The summed E-state index contributed by atoms with van der Waals surface area (Å²) in [6.07, 6.45) is 7.09. The molecule has 0 N–H and O–H groups in total. The molecule has 27 heavy (non-hydrogen) atoms. The summed E-state index contributed by atoms with van der Waals surface area (Å²) in [7, 11) is 5.39. The summed E-state index contributed by atoms with van der Waals surface area (Å²) in [5.74, 6) is 2.65. The third kappa shape index (κ3) is 3.39. The third-order valence-electron chi connectivity index (χ3n) is 4.04. The van der Waals surface area contributed by atoms with Gasteiger partial charge in [0.25, 0.3) is 0 Å². The summed E-state index contributed by atoms with van der Waals surface area (Å²) in [4.78, 5) is 8.83. The van der Waals surface area contributed by atoms with E-state index in [0.717, 1.165) is 17.1 Å². The predicted octanol–water partition coefficient (Wildman–Crippen LogP) is 1.99. The molecule has 0 fully saturated rings. The molecule has 0 aliphatic carbocycles. The van der Waals surface area contributed by atoms with Crippen molar-refractivity contribution in [2.45, 2.75) is 6.61 Å². The lowest BCUT2D eigenvalue weighted by atomic mass is 10.3. The molecule has 9 nitrogen and oxygen atoms in total. The maximum absolute atomic E-state index is 5.83. The van der Waals surface area contributed by atoms with Crippen molar-refractivity contribution in [1.82, 2.24) is 34.1 Å². The van der Waals surface area contributed by atoms with Crippen molar-refractivity contribution in [2.75, 3.05) is 7.11 Å². The first-order valence-electron chi connectivity index (χ1n) is 8.32. The molecule has 0 saturated heterocycles. The second-order valence-corrected chi connectivity index (χ2v) is 5.99. The van der Waals surface area contributed by atoms with E-state index in [1.807, 2.05) is 49.1 Å². The van der Waals surface area contributed by atoms with Crippen molar-refractivity contribution in [1.29, 1.82) is 0 Å². The van der Waals surface area contributed by atoms with E-state index in [9.17, 15) is 0 Å². The first kappa shape index (κ1) is 16.8. The van der Waals surface area contributed by atoms with Crippen molar-refractivity contribution in [3.63, 3.8) is 0 Å². The number of ether oxygens (including phenoxy) is 2. The van der Waals surface area contributed by atoms with Crippen LogP contribution in [0.4, 0.5) is 0 Å². The van der Waals surface area contributed by atoms with Gasteiger partial charge >= 0.3 is 0 Å². The smallest absolute Gasteiger partial charge is 0.189 e. The van der Waals surface area contributed by atoms with Crippen LogP contribution in [0.1, 0.15) is 5.82 Å². The average Bonchev–Trinajstić information content (AvgIpc) is 3.39. The Morgan fingerprint density at radius 2 is 1.96 bits per heavy atom. The molecule has 0 aliphatic rings. The molecule has 9 heteroatoms. The maximum Gasteiger partial charge on any atom is 0.189 e. The fraction of sp³-hybridized carbons (Fsp3) is 0.222. The minimum absolute atomic E-state index is 0.227. The lowest BCUT2D eigenvalue weighted by molar-refractivity contribution is 0.293. The molecule has 4 rings (SSSR count). The molecule has 0 unspecified atom stereocenters. The zero-order valence-electron chi connectivity index (χ0n) is 15.3. The number of methoxy groups -OCH3 is 1. The van der Waals surface area contributed by atoms with Gasteiger partial charge in [0.1, 0.15) is 29.5 Å². The molecule has 138 valence electrons. The molecule has 0 atom stereocenters. The van der Waals surface area contributed by atoms with Crippen LogP contribution in [0.5, 0.6) is 11.5 Å². The molecular weight excluding hydrogens is 346 g/mol. The van der Waals surface area contributed by atoms with Crippen LogP contribution < -0.4 is 9.47 Å². The van der Waals surface area contributed by atoms with Crippen molar-refractivity contribution in [3.8, 4) is 28.7 Å². The molecule has 0 saturated carbocycles. The zero-order valence-corrected chi connectivity index (χ0v) is 15.3. The van der Waals surface area contributed by atoms with E-state index >= 15 is 0 Å². The number of rotatable bonds is 6. The second-order valence-electron chi connectivity index (χ2n) is 5.99. The summed E-state index contributed by atoms with van der Waals surface area (Å²) in [6.45, 7) is 0.227. The van der Waals surface area contributed by atoms with Crippen LogP contribution in [0.3, 0.4) is 0 Å². The van der Waals surface area contributed by atoms with Crippen molar-refractivity contribution < 1.29 is 9.47 Å². The van der Waals surface area contributed by atoms with Gasteiger partial charge in [0.2, 0.25) is 0 Å². The Labute approximate surface area is 155 Å². The van der Waals surface area contributed by atoms with Crippen LogP contribution in [-0.2, 0) is 20.7 Å². The number of imidazole rings is 1. The number of benzene rings is 1. The Balaban J connectivity index is 1.65. The van der Waals surface area contributed by atoms with Crippen molar-refractivity contribution in [3.05, 3.63) is 55.0 Å². The fourth-order valence-electron chi connectivity index (χ4n) is 2.69. The SMILES string of the molecule is COc1cccc(OCc2nc(-c3cncn3C)n(-c3cnn(C)c3)n2)c1. The van der Waals surface area contributed by atoms with Gasteiger partial charge in [0, 0.05) is 20.2 Å². The first-order valence-corrected chi connectivity index (χ1v) is 8.32. The second kappa shape index (κ2) is 6.94. The van der Waals surface area contributed by atoms with Crippen molar-refractivity contribution >= 4 is 0 Å². The zero-order chi connectivity index (χ0) is 18.8. The van der Waals surface area contributed by atoms with Crippen LogP contribution in [0.15, 0.2) is 49.2 Å². The molecule has 3 aromatic heterocycles. The number of hydrogen-bond acceptors (Lipinski definition) is 6. The van der Waals surface area contributed by atoms with Gasteiger partial charge in [-0.15, -0.1) is 5.10 Å². The standard InChI is InChI=1S/C18H19N7O2/c1-23-12-19-9-16(23)18-21-17(22-25(18)13-8-20-24(2)10-13)11-27-15-6-4-5-14(7-15)26-3/h4-10,12H,11H2,1-3H3. The Hall–Kier alpha value is -3.62. The lowest BCUT2D eigenvalue weighted by Gasteiger charge is -2.05. The van der Waals surface area contributed by atoms with Gasteiger partial charge < -0.3 is 14.0 Å². The average molecular weight is 365 g/mol. The van der Waals surface area contributed by atoms with Gasteiger partial charge in [-0.3, -0.25) is 4.68 Å². The van der Waals surface area contributed by atoms with E-state index in [0.29, 0.717) is 17.4 Å². The van der Waals surface area contributed by atoms with E-state index in [-0.39, 0.29) is 6.61 Å².